The highest BCUT2D eigenvalue weighted by molar-refractivity contribution is 7.85. The first-order valence-corrected chi connectivity index (χ1v) is 10.9. The van der Waals surface area contributed by atoms with Gasteiger partial charge in [-0.1, -0.05) is 78.4 Å². The van der Waals surface area contributed by atoms with Crippen molar-refractivity contribution in [3.8, 4) is 18.4 Å². The average molecular weight is 410 g/mol. The van der Waals surface area contributed by atoms with E-state index in [0.29, 0.717) is 16.2 Å². The smallest absolute Gasteiger partial charge is 0.0977 e. The Morgan fingerprint density at radius 3 is 2.33 bits per heavy atom. The molecule has 0 fully saturated rings. The van der Waals surface area contributed by atoms with Gasteiger partial charge in [-0.3, -0.25) is 0 Å². The molecule has 0 bridgehead atoms. The van der Waals surface area contributed by atoms with Gasteiger partial charge in [-0.2, -0.15) is 5.26 Å². The normalized spacial score (nSPS) is 13.8. The van der Waals surface area contributed by atoms with Crippen molar-refractivity contribution in [1.29, 1.82) is 5.26 Å². The molecule has 30 heavy (non-hydrogen) atoms. The molecule has 0 radical (unpaired) electrons. The SMILES string of the molecule is C#CC[C@](C#N)(C/C=C/c1ccccc1)c1ccccc1[S@@](=O)c1ccc(C)cc1. The van der Waals surface area contributed by atoms with Crippen LogP contribution in [0.25, 0.3) is 6.08 Å². The fraction of sp³-hybridized carbons (Fsp3) is 0.148. The monoisotopic (exact) mass is 409 g/mol. The largest absolute Gasteiger partial charge is 0.249 e. The molecule has 0 aliphatic rings. The average Bonchev–Trinajstić information content (AvgIpc) is 2.79. The zero-order chi connectivity index (χ0) is 21.4. The summed E-state index contributed by atoms with van der Waals surface area (Å²) in [5.41, 5.74) is 1.94. The lowest BCUT2D eigenvalue weighted by molar-refractivity contribution is 0.562. The van der Waals surface area contributed by atoms with Crippen LogP contribution in [0.2, 0.25) is 0 Å². The van der Waals surface area contributed by atoms with Crippen molar-refractivity contribution in [2.24, 2.45) is 0 Å². The van der Waals surface area contributed by atoms with Crippen molar-refractivity contribution in [2.45, 2.75) is 35.0 Å². The molecule has 3 aromatic rings. The van der Waals surface area contributed by atoms with E-state index in [1.807, 2.05) is 97.9 Å². The summed E-state index contributed by atoms with van der Waals surface area (Å²) in [6.45, 7) is 1.99. The molecule has 0 aliphatic heterocycles. The van der Waals surface area contributed by atoms with Crippen LogP contribution < -0.4 is 0 Å². The van der Waals surface area contributed by atoms with Crippen molar-refractivity contribution in [2.75, 3.05) is 0 Å². The highest BCUT2D eigenvalue weighted by atomic mass is 32.2. The highest BCUT2D eigenvalue weighted by Gasteiger charge is 2.34. The molecule has 0 aromatic heterocycles. The van der Waals surface area contributed by atoms with Crippen LogP contribution in [0, 0.1) is 30.6 Å². The number of hydrogen-bond acceptors (Lipinski definition) is 2. The maximum atomic E-state index is 13.4. The zero-order valence-corrected chi connectivity index (χ0v) is 17.7. The molecule has 0 aliphatic carbocycles. The lowest BCUT2D eigenvalue weighted by atomic mass is 9.76. The first-order valence-electron chi connectivity index (χ1n) is 9.74. The van der Waals surface area contributed by atoms with Gasteiger partial charge >= 0.3 is 0 Å². The summed E-state index contributed by atoms with van der Waals surface area (Å²) in [5.74, 6) is 2.66. The van der Waals surface area contributed by atoms with E-state index in [0.717, 1.165) is 16.7 Å². The quantitative estimate of drug-likeness (QED) is 0.446. The molecular weight excluding hydrogens is 386 g/mol. The molecule has 148 valence electrons. The van der Waals surface area contributed by atoms with E-state index in [1.165, 1.54) is 0 Å². The summed E-state index contributed by atoms with van der Waals surface area (Å²) in [5, 5.41) is 10.2. The Bertz CT molecular complexity index is 1130. The van der Waals surface area contributed by atoms with Gasteiger partial charge in [-0.05, 0) is 42.7 Å². The lowest BCUT2D eigenvalue weighted by Crippen LogP contribution is -2.25. The van der Waals surface area contributed by atoms with Crippen molar-refractivity contribution in [1.82, 2.24) is 0 Å². The van der Waals surface area contributed by atoms with Crippen LogP contribution in [0.5, 0.6) is 0 Å². The van der Waals surface area contributed by atoms with Gasteiger partial charge in [0.1, 0.15) is 0 Å². The highest BCUT2D eigenvalue weighted by Crippen LogP contribution is 2.36. The minimum absolute atomic E-state index is 0.241. The summed E-state index contributed by atoms with van der Waals surface area (Å²) < 4.78 is 13.4. The topological polar surface area (TPSA) is 40.9 Å². The Hall–Kier alpha value is -3.40. The Kier molecular flexibility index (Phi) is 7.02. The molecule has 0 heterocycles. The molecule has 0 unspecified atom stereocenters. The second-order valence-corrected chi connectivity index (χ2v) is 8.62. The fourth-order valence-electron chi connectivity index (χ4n) is 3.37. The number of hydrogen-bond donors (Lipinski definition) is 0. The molecule has 2 atom stereocenters. The summed E-state index contributed by atoms with van der Waals surface area (Å²) >= 11 is 0. The van der Waals surface area contributed by atoms with Gasteiger partial charge in [0.05, 0.1) is 22.3 Å². The van der Waals surface area contributed by atoms with Crippen molar-refractivity contribution in [3.05, 3.63) is 102 Å². The summed E-state index contributed by atoms with van der Waals surface area (Å²) in [7, 11) is -1.40. The van der Waals surface area contributed by atoms with Crippen molar-refractivity contribution < 1.29 is 4.21 Å². The molecule has 2 nitrogen and oxygen atoms in total. The Balaban J connectivity index is 2.01. The van der Waals surface area contributed by atoms with E-state index in [4.69, 9.17) is 6.42 Å². The zero-order valence-electron chi connectivity index (χ0n) is 16.9. The van der Waals surface area contributed by atoms with Crippen molar-refractivity contribution >= 4 is 16.9 Å². The molecule has 0 saturated carbocycles. The van der Waals surface area contributed by atoms with Gasteiger partial charge < -0.3 is 0 Å². The Morgan fingerprint density at radius 1 is 1.00 bits per heavy atom. The molecule has 0 saturated heterocycles. The van der Waals surface area contributed by atoms with Crippen LogP contribution in [0.1, 0.15) is 29.5 Å². The lowest BCUT2D eigenvalue weighted by Gasteiger charge is -2.26. The van der Waals surface area contributed by atoms with Crippen LogP contribution in [0.4, 0.5) is 0 Å². The number of benzene rings is 3. The third-order valence-corrected chi connectivity index (χ3v) is 6.49. The summed E-state index contributed by atoms with van der Waals surface area (Å²) in [4.78, 5) is 1.34. The van der Waals surface area contributed by atoms with Crippen LogP contribution >= 0.6 is 0 Å². The molecule has 0 amide bonds. The first-order chi connectivity index (χ1) is 14.6. The van der Waals surface area contributed by atoms with Gasteiger partial charge in [0.15, 0.2) is 0 Å². The van der Waals surface area contributed by atoms with E-state index in [9.17, 15) is 9.47 Å². The van der Waals surface area contributed by atoms with E-state index >= 15 is 0 Å². The maximum absolute atomic E-state index is 13.4. The third kappa shape index (κ3) is 4.77. The number of nitrogens with zero attached hydrogens (tertiary/aromatic N) is 1. The van der Waals surface area contributed by atoms with Gasteiger partial charge in [0.2, 0.25) is 0 Å². The third-order valence-electron chi connectivity index (χ3n) is 5.03. The number of nitriles is 1. The van der Waals surface area contributed by atoms with Gasteiger partial charge in [-0.15, -0.1) is 12.3 Å². The van der Waals surface area contributed by atoms with Crippen LogP contribution in [0.15, 0.2) is 94.7 Å². The minimum atomic E-state index is -1.40. The molecule has 3 heteroatoms. The fourth-order valence-corrected chi connectivity index (χ4v) is 4.67. The van der Waals surface area contributed by atoms with Crippen LogP contribution in [0.3, 0.4) is 0 Å². The van der Waals surface area contributed by atoms with E-state index in [1.54, 1.807) is 0 Å². The first kappa shape index (κ1) is 21.3. The molecular formula is C27H23NOS. The van der Waals surface area contributed by atoms with Gasteiger partial charge in [0.25, 0.3) is 0 Å². The molecule has 0 spiro atoms. The molecule has 3 aromatic carbocycles. The number of aryl methyl sites for hydroxylation is 1. The molecule has 3 rings (SSSR count). The second-order valence-electron chi connectivity index (χ2n) is 7.17. The molecule has 0 N–H and O–H groups in total. The standard InChI is InChI=1S/C27H23NOS/c1-3-19-27(21-28,20-9-12-23-10-5-4-6-11-23)25-13-7-8-14-26(25)30(29)24-17-15-22(2)16-18-24/h1,4-18H,19-20H2,2H3/b12-9+/t27-,30+/m1/s1. The number of rotatable bonds is 7. The predicted molar refractivity (Wildman–Crippen MR) is 123 cm³/mol. The van der Waals surface area contributed by atoms with Gasteiger partial charge in [0, 0.05) is 16.2 Å². The van der Waals surface area contributed by atoms with Crippen molar-refractivity contribution in [3.63, 3.8) is 0 Å². The van der Waals surface area contributed by atoms with E-state index in [-0.39, 0.29) is 6.42 Å². The van der Waals surface area contributed by atoms with Gasteiger partial charge in [-0.25, -0.2) is 4.21 Å². The number of allylic oxidation sites excluding steroid dienone is 1. The summed E-state index contributed by atoms with van der Waals surface area (Å²) in [6.07, 6.45) is 10.3. The van der Waals surface area contributed by atoms with Crippen LogP contribution in [-0.2, 0) is 16.2 Å². The van der Waals surface area contributed by atoms with Crippen LogP contribution in [-0.4, -0.2) is 4.21 Å². The summed E-state index contributed by atoms with van der Waals surface area (Å²) in [6, 6.07) is 27.4. The van der Waals surface area contributed by atoms with E-state index < -0.39 is 16.2 Å². The Labute approximate surface area is 181 Å². The second kappa shape index (κ2) is 9.88. The maximum Gasteiger partial charge on any atom is 0.0977 e. The minimum Gasteiger partial charge on any atom is -0.249 e. The van der Waals surface area contributed by atoms with E-state index in [2.05, 4.69) is 12.0 Å². The number of terminal acetylenes is 1. The predicted octanol–water partition coefficient (Wildman–Crippen LogP) is 6.05. The Morgan fingerprint density at radius 2 is 1.67 bits per heavy atom.